The monoisotopic (exact) mass is 543 g/mol. The van der Waals surface area contributed by atoms with Crippen LogP contribution in [0.5, 0.6) is 0 Å². The molecule has 7 nitrogen and oxygen atoms in total. The lowest BCUT2D eigenvalue weighted by atomic mass is 9.90. The molecule has 0 unspecified atom stereocenters. The lowest BCUT2D eigenvalue weighted by Crippen LogP contribution is -2.41. The van der Waals surface area contributed by atoms with Gasteiger partial charge in [-0.05, 0) is 57.7 Å². The van der Waals surface area contributed by atoms with Crippen LogP contribution in [0.4, 0.5) is 18.9 Å². The second kappa shape index (κ2) is 10.1. The van der Waals surface area contributed by atoms with Gasteiger partial charge in [0.1, 0.15) is 0 Å². The standard InChI is InChI=1S/C24H26Cl2F3N5O2/c1-23(2,36)12-34-11-18(21(26)33-34)22(35)32-16-5-3-4-15(9-16)31-20-7-13(24(27,28)29)6-19-17(20)8-14(25)10-30-19/h6-8,10-11,15-16,31,36H,3-5,9,12H2,1-2H3,(H,32,35)/t15-,16+/m0/s1. The van der Waals surface area contributed by atoms with Crippen molar-refractivity contribution in [3.05, 3.63) is 51.9 Å². The Balaban J connectivity index is 1.49. The molecule has 1 amide bonds. The van der Waals surface area contributed by atoms with E-state index in [1.54, 1.807) is 19.9 Å². The molecule has 0 bridgehead atoms. The molecule has 3 aromatic rings. The van der Waals surface area contributed by atoms with E-state index < -0.39 is 23.2 Å². The van der Waals surface area contributed by atoms with Crippen LogP contribution in [0.25, 0.3) is 10.9 Å². The number of carbonyl (C=O) groups is 1. The molecule has 36 heavy (non-hydrogen) atoms. The summed E-state index contributed by atoms with van der Waals surface area (Å²) in [7, 11) is 0. The van der Waals surface area contributed by atoms with Crippen LogP contribution in [-0.4, -0.2) is 43.5 Å². The third-order valence-electron chi connectivity index (χ3n) is 5.97. The number of amides is 1. The van der Waals surface area contributed by atoms with Crippen LogP contribution < -0.4 is 10.6 Å². The van der Waals surface area contributed by atoms with Gasteiger partial charge in [-0.3, -0.25) is 14.5 Å². The third-order valence-corrected chi connectivity index (χ3v) is 6.46. The molecule has 1 saturated carbocycles. The van der Waals surface area contributed by atoms with Crippen molar-refractivity contribution in [2.75, 3.05) is 5.32 Å². The number of rotatable bonds is 6. The number of carbonyl (C=O) groups excluding carboxylic acids is 1. The average Bonchev–Trinajstić information content (AvgIpc) is 3.12. The first-order valence-corrected chi connectivity index (χ1v) is 12.2. The number of halogens is 5. The number of pyridine rings is 1. The summed E-state index contributed by atoms with van der Waals surface area (Å²) in [5.74, 6) is -0.395. The predicted octanol–water partition coefficient (Wildman–Crippen LogP) is 5.68. The highest BCUT2D eigenvalue weighted by Crippen LogP contribution is 2.36. The van der Waals surface area contributed by atoms with Crippen molar-refractivity contribution in [3.63, 3.8) is 0 Å². The molecule has 2 atom stereocenters. The van der Waals surface area contributed by atoms with Crippen LogP contribution in [0.1, 0.15) is 55.5 Å². The van der Waals surface area contributed by atoms with E-state index in [1.807, 2.05) is 0 Å². The number of nitrogens with zero attached hydrogens (tertiary/aromatic N) is 3. The van der Waals surface area contributed by atoms with Crippen LogP contribution in [0.3, 0.4) is 0 Å². The fourth-order valence-electron chi connectivity index (χ4n) is 4.45. The molecule has 0 spiro atoms. The van der Waals surface area contributed by atoms with Gasteiger partial charge in [0, 0.05) is 35.6 Å². The molecule has 1 aliphatic carbocycles. The summed E-state index contributed by atoms with van der Waals surface area (Å²) >= 11 is 12.2. The summed E-state index contributed by atoms with van der Waals surface area (Å²) in [5, 5.41) is 21.1. The minimum atomic E-state index is -4.52. The average molecular weight is 544 g/mol. The Morgan fingerprint density at radius 1 is 1.19 bits per heavy atom. The minimum Gasteiger partial charge on any atom is -0.389 e. The Bertz CT molecular complexity index is 1270. The maximum atomic E-state index is 13.5. The Labute approximate surface area is 216 Å². The van der Waals surface area contributed by atoms with Crippen molar-refractivity contribution in [1.29, 1.82) is 0 Å². The normalized spacial score (nSPS) is 18.9. The highest BCUT2D eigenvalue weighted by atomic mass is 35.5. The van der Waals surface area contributed by atoms with E-state index in [-0.39, 0.29) is 34.9 Å². The van der Waals surface area contributed by atoms with E-state index in [2.05, 4.69) is 20.7 Å². The molecule has 12 heteroatoms. The number of nitrogens with one attached hydrogen (secondary N) is 2. The molecule has 2 aromatic heterocycles. The van der Waals surface area contributed by atoms with Gasteiger partial charge >= 0.3 is 6.18 Å². The van der Waals surface area contributed by atoms with E-state index in [9.17, 15) is 23.1 Å². The molecular weight excluding hydrogens is 518 g/mol. The lowest BCUT2D eigenvalue weighted by molar-refractivity contribution is -0.137. The first-order chi connectivity index (χ1) is 16.8. The van der Waals surface area contributed by atoms with Gasteiger partial charge in [0.15, 0.2) is 5.15 Å². The Morgan fingerprint density at radius 2 is 1.92 bits per heavy atom. The van der Waals surface area contributed by atoms with Gasteiger partial charge in [-0.2, -0.15) is 18.3 Å². The highest BCUT2D eigenvalue weighted by molar-refractivity contribution is 6.32. The van der Waals surface area contributed by atoms with Crippen molar-refractivity contribution < 1.29 is 23.1 Å². The molecule has 0 aliphatic heterocycles. The van der Waals surface area contributed by atoms with E-state index in [1.165, 1.54) is 17.1 Å². The second-order valence-corrected chi connectivity index (χ2v) is 10.6. The van der Waals surface area contributed by atoms with Crippen molar-refractivity contribution >= 4 is 45.7 Å². The summed E-state index contributed by atoms with van der Waals surface area (Å²) in [6.45, 7) is 3.41. The largest absolute Gasteiger partial charge is 0.416 e. The van der Waals surface area contributed by atoms with Gasteiger partial charge in [-0.1, -0.05) is 23.2 Å². The number of hydrogen-bond acceptors (Lipinski definition) is 5. The molecule has 1 aliphatic rings. The molecule has 4 rings (SSSR count). The molecule has 1 fully saturated rings. The summed E-state index contributed by atoms with van der Waals surface area (Å²) in [4.78, 5) is 16.9. The second-order valence-electron chi connectivity index (χ2n) is 9.76. The van der Waals surface area contributed by atoms with E-state index in [0.29, 0.717) is 22.5 Å². The van der Waals surface area contributed by atoms with Crippen molar-refractivity contribution in [2.45, 2.75) is 69.9 Å². The molecular formula is C24H26Cl2F3N5O2. The number of hydrogen-bond donors (Lipinski definition) is 3. The first kappa shape index (κ1) is 26.5. The van der Waals surface area contributed by atoms with E-state index in [4.69, 9.17) is 23.2 Å². The summed E-state index contributed by atoms with van der Waals surface area (Å²) in [5.41, 5.74) is -1.15. The molecule has 2 heterocycles. The van der Waals surface area contributed by atoms with Crippen molar-refractivity contribution in [1.82, 2.24) is 20.1 Å². The Hall–Kier alpha value is -2.56. The van der Waals surface area contributed by atoms with Crippen molar-refractivity contribution in [3.8, 4) is 0 Å². The van der Waals surface area contributed by atoms with Gasteiger partial charge in [0.2, 0.25) is 0 Å². The molecule has 194 valence electrons. The van der Waals surface area contributed by atoms with Gasteiger partial charge < -0.3 is 15.7 Å². The number of aliphatic hydroxyl groups is 1. The minimum absolute atomic E-state index is 0.0297. The van der Waals surface area contributed by atoms with Crippen LogP contribution >= 0.6 is 23.2 Å². The SMILES string of the molecule is CC(C)(O)Cn1cc(C(=O)N[C@@H]2CCC[C@H](Nc3cc(C(F)(F)F)cc4ncc(Cl)cc34)C2)c(Cl)n1. The maximum absolute atomic E-state index is 13.5. The first-order valence-electron chi connectivity index (χ1n) is 11.5. The number of benzene rings is 1. The van der Waals surface area contributed by atoms with Crippen LogP contribution in [0, 0.1) is 0 Å². The molecule has 3 N–H and O–H groups in total. The zero-order valence-corrected chi connectivity index (χ0v) is 21.2. The molecule has 0 radical (unpaired) electrons. The zero-order chi connectivity index (χ0) is 26.3. The fraction of sp³-hybridized carbons (Fsp3) is 0.458. The van der Waals surface area contributed by atoms with Crippen LogP contribution in [0.15, 0.2) is 30.6 Å². The number of alkyl halides is 3. The van der Waals surface area contributed by atoms with Crippen LogP contribution in [0.2, 0.25) is 10.2 Å². The lowest BCUT2D eigenvalue weighted by Gasteiger charge is -2.31. The molecule has 1 aromatic carbocycles. The highest BCUT2D eigenvalue weighted by Gasteiger charge is 2.32. The third kappa shape index (κ3) is 6.41. The quantitative estimate of drug-likeness (QED) is 0.372. The fourth-order valence-corrected chi connectivity index (χ4v) is 4.84. The van der Waals surface area contributed by atoms with Gasteiger partial charge in [0.25, 0.3) is 5.91 Å². The van der Waals surface area contributed by atoms with E-state index in [0.717, 1.165) is 31.4 Å². The Morgan fingerprint density at radius 3 is 2.61 bits per heavy atom. The summed E-state index contributed by atoms with van der Waals surface area (Å²) < 4.78 is 41.9. The van der Waals surface area contributed by atoms with Crippen LogP contribution in [-0.2, 0) is 12.7 Å². The zero-order valence-electron chi connectivity index (χ0n) is 19.7. The smallest absolute Gasteiger partial charge is 0.389 e. The van der Waals surface area contributed by atoms with E-state index >= 15 is 0 Å². The van der Waals surface area contributed by atoms with Gasteiger partial charge in [-0.15, -0.1) is 0 Å². The number of anilines is 1. The number of fused-ring (bicyclic) bond motifs is 1. The number of aromatic nitrogens is 3. The van der Waals surface area contributed by atoms with Gasteiger partial charge in [-0.25, -0.2) is 0 Å². The molecule has 0 saturated heterocycles. The van der Waals surface area contributed by atoms with Crippen molar-refractivity contribution in [2.24, 2.45) is 0 Å². The summed E-state index contributed by atoms with van der Waals surface area (Å²) in [6, 6.07) is 3.27. The Kier molecular flexibility index (Phi) is 7.41. The summed E-state index contributed by atoms with van der Waals surface area (Å²) in [6.07, 6.45) is 0.994. The maximum Gasteiger partial charge on any atom is 0.416 e. The predicted molar refractivity (Wildman–Crippen MR) is 132 cm³/mol. The topological polar surface area (TPSA) is 92.1 Å². The van der Waals surface area contributed by atoms with Gasteiger partial charge in [0.05, 0.1) is 33.8 Å².